The van der Waals surface area contributed by atoms with Crippen molar-refractivity contribution in [3.63, 3.8) is 0 Å². The first-order valence-corrected chi connectivity index (χ1v) is 11.9. The molecule has 0 aliphatic carbocycles. The van der Waals surface area contributed by atoms with Crippen LogP contribution in [-0.4, -0.2) is 64.4 Å². The second kappa shape index (κ2) is 13.0. The molecule has 3 unspecified atom stereocenters. The van der Waals surface area contributed by atoms with Gasteiger partial charge < -0.3 is 37.5 Å². The molecule has 2 aromatic carbocycles. The van der Waals surface area contributed by atoms with Gasteiger partial charge in [-0.15, -0.1) is 0 Å². The molecule has 3 rings (SSSR count). The average molecular weight is 523 g/mol. The molecular formula is C26H30N6O6. The molecular weight excluding hydrogens is 492 g/mol. The van der Waals surface area contributed by atoms with E-state index in [0.29, 0.717) is 5.56 Å². The number of aromatic nitrogens is 1. The number of carboxylic acids is 1. The molecule has 9 N–H and O–H groups in total. The van der Waals surface area contributed by atoms with Crippen LogP contribution in [0.1, 0.15) is 17.5 Å². The normalized spacial score (nSPS) is 13.2. The summed E-state index contributed by atoms with van der Waals surface area (Å²) < 4.78 is 0. The van der Waals surface area contributed by atoms with Crippen molar-refractivity contribution in [3.8, 4) is 0 Å². The summed E-state index contributed by atoms with van der Waals surface area (Å²) in [5, 5.41) is 17.4. The molecule has 0 radical (unpaired) electrons. The number of aromatic amines is 1. The highest BCUT2D eigenvalue weighted by Crippen LogP contribution is 2.18. The van der Waals surface area contributed by atoms with E-state index in [0.717, 1.165) is 16.5 Å². The molecule has 0 bridgehead atoms. The van der Waals surface area contributed by atoms with E-state index < -0.39 is 60.7 Å². The summed E-state index contributed by atoms with van der Waals surface area (Å²) in [6.07, 6.45) is 1.44. The molecule has 0 saturated carbocycles. The number of aliphatic carboxylic acids is 1. The van der Waals surface area contributed by atoms with Crippen LogP contribution in [0.25, 0.3) is 10.9 Å². The third-order valence-electron chi connectivity index (χ3n) is 5.83. The largest absolute Gasteiger partial charge is 0.480 e. The summed E-state index contributed by atoms with van der Waals surface area (Å²) in [5.74, 6) is -4.41. The Morgan fingerprint density at radius 1 is 0.868 bits per heavy atom. The van der Waals surface area contributed by atoms with Crippen LogP contribution in [0.5, 0.6) is 0 Å². The highest BCUT2D eigenvalue weighted by Gasteiger charge is 2.28. The van der Waals surface area contributed by atoms with Crippen LogP contribution in [0.3, 0.4) is 0 Å². The van der Waals surface area contributed by atoms with E-state index in [4.69, 9.17) is 11.5 Å². The molecule has 1 aromatic heterocycles. The van der Waals surface area contributed by atoms with Gasteiger partial charge in [0, 0.05) is 23.5 Å². The van der Waals surface area contributed by atoms with E-state index >= 15 is 0 Å². The third-order valence-corrected chi connectivity index (χ3v) is 5.83. The lowest BCUT2D eigenvalue weighted by Gasteiger charge is -2.21. The van der Waals surface area contributed by atoms with E-state index in [1.54, 1.807) is 36.5 Å². The van der Waals surface area contributed by atoms with Gasteiger partial charge in [-0.05, 0) is 23.6 Å². The fourth-order valence-corrected chi connectivity index (χ4v) is 3.91. The maximum absolute atomic E-state index is 12.9. The van der Waals surface area contributed by atoms with Crippen molar-refractivity contribution in [2.75, 3.05) is 6.54 Å². The zero-order chi connectivity index (χ0) is 27.7. The summed E-state index contributed by atoms with van der Waals surface area (Å²) in [6.45, 7) is -0.456. The highest BCUT2D eigenvalue weighted by atomic mass is 16.4. The first-order chi connectivity index (χ1) is 18.1. The number of benzene rings is 2. The molecule has 38 heavy (non-hydrogen) atoms. The van der Waals surface area contributed by atoms with E-state index in [1.807, 2.05) is 24.3 Å². The molecule has 12 heteroatoms. The van der Waals surface area contributed by atoms with Crippen molar-refractivity contribution in [2.45, 2.75) is 37.4 Å². The Kier molecular flexibility index (Phi) is 9.54. The van der Waals surface area contributed by atoms with Gasteiger partial charge in [-0.25, -0.2) is 4.79 Å². The SMILES string of the molecule is NC(=O)CC(NC(=O)C(Cc1ccccc1)NC(=O)CNC(=O)C(N)Cc1c[nH]c2ccccc12)C(=O)O. The Morgan fingerprint density at radius 2 is 1.55 bits per heavy atom. The van der Waals surface area contributed by atoms with E-state index in [9.17, 15) is 29.1 Å². The minimum Gasteiger partial charge on any atom is -0.480 e. The Hall–Kier alpha value is -4.71. The molecule has 12 nitrogen and oxygen atoms in total. The van der Waals surface area contributed by atoms with Gasteiger partial charge in [0.15, 0.2) is 0 Å². The van der Waals surface area contributed by atoms with Gasteiger partial charge in [0.05, 0.1) is 19.0 Å². The fraction of sp³-hybridized carbons (Fsp3) is 0.269. The van der Waals surface area contributed by atoms with Gasteiger partial charge in [-0.1, -0.05) is 48.5 Å². The van der Waals surface area contributed by atoms with Crippen molar-refractivity contribution in [1.82, 2.24) is 20.9 Å². The van der Waals surface area contributed by atoms with Crippen LogP contribution in [0, 0.1) is 0 Å². The Labute approximate surface area is 218 Å². The zero-order valence-corrected chi connectivity index (χ0v) is 20.5. The highest BCUT2D eigenvalue weighted by molar-refractivity contribution is 5.94. The Balaban J connectivity index is 1.60. The first-order valence-electron chi connectivity index (χ1n) is 11.9. The molecule has 0 aliphatic heterocycles. The van der Waals surface area contributed by atoms with E-state index in [-0.39, 0.29) is 12.8 Å². The van der Waals surface area contributed by atoms with Crippen molar-refractivity contribution < 1.29 is 29.1 Å². The number of para-hydroxylation sites is 1. The van der Waals surface area contributed by atoms with Gasteiger partial charge in [0.25, 0.3) is 0 Å². The number of primary amides is 1. The van der Waals surface area contributed by atoms with E-state index in [1.165, 1.54) is 0 Å². The Morgan fingerprint density at radius 3 is 2.24 bits per heavy atom. The van der Waals surface area contributed by atoms with Gasteiger partial charge in [-0.3, -0.25) is 19.2 Å². The number of fused-ring (bicyclic) bond motifs is 1. The lowest BCUT2D eigenvalue weighted by Crippen LogP contribution is -2.55. The van der Waals surface area contributed by atoms with Gasteiger partial charge in [0.1, 0.15) is 12.1 Å². The second-order valence-corrected chi connectivity index (χ2v) is 8.77. The molecule has 3 aromatic rings. The fourth-order valence-electron chi connectivity index (χ4n) is 3.91. The van der Waals surface area contributed by atoms with Crippen molar-refractivity contribution in [1.29, 1.82) is 0 Å². The summed E-state index contributed by atoms with van der Waals surface area (Å²) in [4.78, 5) is 63.7. The predicted molar refractivity (Wildman–Crippen MR) is 138 cm³/mol. The van der Waals surface area contributed by atoms with Crippen molar-refractivity contribution in [3.05, 3.63) is 71.9 Å². The number of carbonyl (C=O) groups excluding carboxylic acids is 4. The monoisotopic (exact) mass is 522 g/mol. The minimum atomic E-state index is -1.56. The van der Waals surface area contributed by atoms with Crippen LogP contribution in [-0.2, 0) is 36.8 Å². The predicted octanol–water partition coefficient (Wildman–Crippen LogP) is -0.674. The lowest BCUT2D eigenvalue weighted by molar-refractivity contribution is -0.143. The van der Waals surface area contributed by atoms with Crippen LogP contribution in [0.2, 0.25) is 0 Å². The number of rotatable bonds is 13. The van der Waals surface area contributed by atoms with Gasteiger partial charge in [0.2, 0.25) is 23.6 Å². The quantitative estimate of drug-likeness (QED) is 0.154. The molecule has 0 aliphatic rings. The number of amides is 4. The maximum atomic E-state index is 12.9. The summed E-state index contributed by atoms with van der Waals surface area (Å²) in [5.41, 5.74) is 13.6. The third kappa shape index (κ3) is 7.90. The maximum Gasteiger partial charge on any atom is 0.326 e. The van der Waals surface area contributed by atoms with Crippen LogP contribution < -0.4 is 27.4 Å². The Bertz CT molecular complexity index is 1310. The van der Waals surface area contributed by atoms with Crippen LogP contribution in [0.4, 0.5) is 0 Å². The average Bonchev–Trinajstić information content (AvgIpc) is 3.29. The molecule has 200 valence electrons. The molecule has 0 spiro atoms. The summed E-state index contributed by atoms with van der Waals surface area (Å²) in [7, 11) is 0. The van der Waals surface area contributed by atoms with Gasteiger partial charge in [-0.2, -0.15) is 0 Å². The summed E-state index contributed by atoms with van der Waals surface area (Å²) in [6, 6.07) is 12.7. The number of carboxylic acid groups (broad SMARTS) is 1. The topological polar surface area (TPSA) is 209 Å². The molecule has 0 fully saturated rings. The van der Waals surface area contributed by atoms with Crippen LogP contribution >= 0.6 is 0 Å². The molecule has 4 amide bonds. The zero-order valence-electron chi connectivity index (χ0n) is 20.5. The lowest BCUT2D eigenvalue weighted by atomic mass is 10.0. The number of hydrogen-bond donors (Lipinski definition) is 7. The van der Waals surface area contributed by atoms with Crippen molar-refractivity contribution in [2.24, 2.45) is 11.5 Å². The van der Waals surface area contributed by atoms with E-state index in [2.05, 4.69) is 20.9 Å². The standard InChI is InChI=1S/C26H30N6O6/c27-18(11-16-13-29-19-9-5-4-8-17(16)19)24(35)30-14-23(34)31-20(10-15-6-2-1-3-7-15)25(36)32-21(26(37)38)12-22(28)33/h1-9,13,18,20-21,29H,10-12,14,27H2,(H2,28,33)(H,30,35)(H,31,34)(H,32,36)(H,37,38). The smallest absolute Gasteiger partial charge is 0.326 e. The number of H-pyrrole nitrogens is 1. The molecule has 0 saturated heterocycles. The van der Waals surface area contributed by atoms with Crippen LogP contribution in [0.15, 0.2) is 60.8 Å². The first kappa shape index (κ1) is 27.9. The number of nitrogens with one attached hydrogen (secondary N) is 4. The van der Waals surface area contributed by atoms with Gasteiger partial charge >= 0.3 is 5.97 Å². The molecule has 1 heterocycles. The number of carbonyl (C=O) groups is 5. The minimum absolute atomic E-state index is 0.0371. The number of nitrogens with two attached hydrogens (primary N) is 2. The molecule has 3 atom stereocenters. The van der Waals surface area contributed by atoms with Crippen molar-refractivity contribution >= 4 is 40.5 Å². The number of hydrogen-bond acceptors (Lipinski definition) is 6. The second-order valence-electron chi connectivity index (χ2n) is 8.77. The summed E-state index contributed by atoms with van der Waals surface area (Å²) >= 11 is 0.